The third-order valence-corrected chi connectivity index (χ3v) is 7.48. The fraction of sp³-hybridized carbons (Fsp3) is 0.889. The zero-order valence-electron chi connectivity index (χ0n) is 14.2. The van der Waals surface area contributed by atoms with Crippen LogP contribution in [0.2, 0.25) is 0 Å². The number of nitrogens with zero attached hydrogens (tertiary/aromatic N) is 2. The van der Waals surface area contributed by atoms with Gasteiger partial charge in [0.05, 0.1) is 16.4 Å². The van der Waals surface area contributed by atoms with E-state index in [1.54, 1.807) is 0 Å². The summed E-state index contributed by atoms with van der Waals surface area (Å²) in [7, 11) is 0. The van der Waals surface area contributed by atoms with Gasteiger partial charge in [0.2, 0.25) is 5.89 Å². The first-order valence-corrected chi connectivity index (χ1v) is 9.44. The highest BCUT2D eigenvalue weighted by molar-refractivity contribution is 5.21. The Morgan fingerprint density at radius 3 is 2.28 bits per heavy atom. The second kappa shape index (κ2) is 4.78. The monoisotopic (exact) mass is 355 g/mol. The summed E-state index contributed by atoms with van der Waals surface area (Å²) in [4.78, 5) is 4.60. The van der Waals surface area contributed by atoms with Crippen LogP contribution in [0.1, 0.15) is 75.9 Å². The van der Waals surface area contributed by atoms with Crippen LogP contribution in [-0.2, 0) is 11.0 Å². The lowest BCUT2D eigenvalue weighted by Crippen LogP contribution is -2.59. The summed E-state index contributed by atoms with van der Waals surface area (Å²) < 4.78 is 47.3. The molecule has 5 fully saturated rings. The number of rotatable bonds is 2. The van der Waals surface area contributed by atoms with Crippen LogP contribution in [0.5, 0.6) is 0 Å². The van der Waals surface area contributed by atoms with Gasteiger partial charge in [-0.15, -0.1) is 0 Å². The SMILES string of the molecule is NC1(c2noc(C34CC5CC(C3)CC(C(F)(F)F)(C5)C4)n2)CCCC1. The highest BCUT2D eigenvalue weighted by Crippen LogP contribution is 2.69. The first-order chi connectivity index (χ1) is 11.7. The highest BCUT2D eigenvalue weighted by Gasteiger charge is 2.68. The quantitative estimate of drug-likeness (QED) is 0.864. The van der Waals surface area contributed by atoms with Gasteiger partial charge >= 0.3 is 6.18 Å². The zero-order chi connectivity index (χ0) is 17.5. The largest absolute Gasteiger partial charge is 0.394 e. The second-order valence-corrected chi connectivity index (χ2v) is 9.31. The number of nitrogens with two attached hydrogens (primary N) is 1. The molecule has 0 saturated heterocycles. The van der Waals surface area contributed by atoms with E-state index in [4.69, 9.17) is 10.3 Å². The molecule has 0 spiro atoms. The van der Waals surface area contributed by atoms with E-state index < -0.39 is 22.5 Å². The second-order valence-electron chi connectivity index (χ2n) is 9.31. The van der Waals surface area contributed by atoms with Gasteiger partial charge in [0, 0.05) is 0 Å². The van der Waals surface area contributed by atoms with E-state index >= 15 is 0 Å². The minimum atomic E-state index is -4.15. The number of halogens is 3. The molecule has 4 bridgehead atoms. The number of hydrogen-bond acceptors (Lipinski definition) is 4. The molecule has 0 aliphatic heterocycles. The van der Waals surface area contributed by atoms with Crippen molar-refractivity contribution < 1.29 is 17.7 Å². The lowest BCUT2D eigenvalue weighted by atomic mass is 9.44. The molecule has 2 unspecified atom stereocenters. The Morgan fingerprint density at radius 2 is 1.68 bits per heavy atom. The van der Waals surface area contributed by atoms with Crippen LogP contribution in [0.15, 0.2) is 4.52 Å². The molecule has 5 saturated carbocycles. The van der Waals surface area contributed by atoms with E-state index in [-0.39, 0.29) is 31.1 Å². The van der Waals surface area contributed by atoms with Gasteiger partial charge in [-0.3, -0.25) is 0 Å². The van der Waals surface area contributed by atoms with Gasteiger partial charge in [-0.05, 0) is 63.2 Å². The molecule has 0 amide bonds. The van der Waals surface area contributed by atoms with E-state index in [2.05, 4.69) is 10.1 Å². The lowest BCUT2D eigenvalue weighted by Gasteiger charge is -2.60. The van der Waals surface area contributed by atoms with Gasteiger partial charge in [-0.1, -0.05) is 18.0 Å². The average molecular weight is 355 g/mol. The Hall–Kier alpha value is -1.11. The van der Waals surface area contributed by atoms with E-state index in [9.17, 15) is 13.2 Å². The summed E-state index contributed by atoms with van der Waals surface area (Å²) in [6, 6.07) is 0. The lowest BCUT2D eigenvalue weighted by molar-refractivity contribution is -0.279. The van der Waals surface area contributed by atoms with Crippen molar-refractivity contribution in [2.24, 2.45) is 23.0 Å². The molecular formula is C18H24F3N3O. The van der Waals surface area contributed by atoms with Crippen molar-refractivity contribution in [3.8, 4) is 0 Å². The Bertz CT molecular complexity index is 678. The van der Waals surface area contributed by atoms with Gasteiger partial charge in [0.15, 0.2) is 5.82 Å². The van der Waals surface area contributed by atoms with Crippen molar-refractivity contribution in [1.29, 1.82) is 0 Å². The van der Waals surface area contributed by atoms with Crippen LogP contribution < -0.4 is 5.73 Å². The fourth-order valence-electron chi connectivity index (χ4n) is 6.72. The summed E-state index contributed by atoms with van der Waals surface area (Å²) in [5, 5.41) is 4.12. The van der Waals surface area contributed by atoms with E-state index in [1.165, 1.54) is 0 Å². The van der Waals surface area contributed by atoms with Gasteiger partial charge in [-0.2, -0.15) is 18.2 Å². The van der Waals surface area contributed by atoms with Crippen LogP contribution >= 0.6 is 0 Å². The van der Waals surface area contributed by atoms with Crippen LogP contribution in [-0.4, -0.2) is 16.3 Å². The molecule has 5 aliphatic carbocycles. The van der Waals surface area contributed by atoms with Gasteiger partial charge < -0.3 is 10.3 Å². The molecule has 7 heteroatoms. The highest BCUT2D eigenvalue weighted by atomic mass is 19.4. The van der Waals surface area contributed by atoms with E-state index in [1.807, 2.05) is 0 Å². The third kappa shape index (κ3) is 2.17. The summed E-state index contributed by atoms with van der Waals surface area (Å²) >= 11 is 0. The maximum Gasteiger partial charge on any atom is 0.394 e. The summed E-state index contributed by atoms with van der Waals surface area (Å²) in [5.74, 6) is 1.16. The first kappa shape index (κ1) is 16.1. The van der Waals surface area contributed by atoms with Crippen molar-refractivity contribution in [3.05, 3.63) is 11.7 Å². The molecule has 2 atom stereocenters. The zero-order valence-corrected chi connectivity index (χ0v) is 14.2. The van der Waals surface area contributed by atoms with E-state index in [0.29, 0.717) is 11.7 Å². The maximum atomic E-state index is 13.9. The molecule has 0 aromatic carbocycles. The molecule has 1 heterocycles. The number of hydrogen-bond donors (Lipinski definition) is 1. The first-order valence-electron chi connectivity index (χ1n) is 9.44. The van der Waals surface area contributed by atoms with Crippen molar-refractivity contribution >= 4 is 0 Å². The smallest absolute Gasteiger partial charge is 0.339 e. The van der Waals surface area contributed by atoms with Gasteiger partial charge in [0.1, 0.15) is 0 Å². The number of alkyl halides is 3. The summed E-state index contributed by atoms with van der Waals surface area (Å²) in [5.41, 5.74) is 3.70. The molecule has 2 N–H and O–H groups in total. The summed E-state index contributed by atoms with van der Waals surface area (Å²) in [6.07, 6.45) is 2.62. The van der Waals surface area contributed by atoms with E-state index in [0.717, 1.165) is 44.9 Å². The van der Waals surface area contributed by atoms with Crippen LogP contribution in [0, 0.1) is 17.3 Å². The van der Waals surface area contributed by atoms with Crippen LogP contribution in [0.3, 0.4) is 0 Å². The predicted molar refractivity (Wildman–Crippen MR) is 83.5 cm³/mol. The predicted octanol–water partition coefficient (Wildman–Crippen LogP) is 4.20. The average Bonchev–Trinajstić information content (AvgIpc) is 3.14. The molecule has 5 aliphatic rings. The van der Waals surface area contributed by atoms with Crippen molar-refractivity contribution in [3.63, 3.8) is 0 Å². The maximum absolute atomic E-state index is 13.9. The molecule has 1 aromatic heterocycles. The van der Waals surface area contributed by atoms with Crippen LogP contribution in [0.4, 0.5) is 13.2 Å². The summed E-state index contributed by atoms with van der Waals surface area (Å²) in [6.45, 7) is 0. The molecule has 1 aromatic rings. The molecule has 0 radical (unpaired) electrons. The minimum Gasteiger partial charge on any atom is -0.339 e. The standard InChI is InChI=1S/C18H24F3N3O/c19-18(20,21)16-8-11-5-12(9-16)7-15(6-11,10-16)14-23-13(24-25-14)17(22)3-1-2-4-17/h11-12H,1-10,22H2. The van der Waals surface area contributed by atoms with Crippen LogP contribution in [0.25, 0.3) is 0 Å². The molecule has 25 heavy (non-hydrogen) atoms. The van der Waals surface area contributed by atoms with Gasteiger partial charge in [-0.25, -0.2) is 0 Å². The Morgan fingerprint density at radius 1 is 1.04 bits per heavy atom. The topological polar surface area (TPSA) is 64.9 Å². The van der Waals surface area contributed by atoms with Crippen molar-refractivity contribution in [2.45, 2.75) is 81.3 Å². The Balaban J connectivity index is 1.53. The molecule has 6 rings (SSSR count). The third-order valence-electron chi connectivity index (χ3n) is 7.48. The van der Waals surface area contributed by atoms with Gasteiger partial charge in [0.25, 0.3) is 0 Å². The Labute approximate surface area is 144 Å². The molecule has 4 nitrogen and oxygen atoms in total. The number of aromatic nitrogens is 2. The molecular weight excluding hydrogens is 331 g/mol. The van der Waals surface area contributed by atoms with Crippen molar-refractivity contribution in [1.82, 2.24) is 10.1 Å². The fourth-order valence-corrected chi connectivity index (χ4v) is 6.72. The molecule has 138 valence electrons. The van der Waals surface area contributed by atoms with Crippen molar-refractivity contribution in [2.75, 3.05) is 0 Å². The minimum absolute atomic E-state index is 0.107. The normalized spacial score (nSPS) is 42.2. The Kier molecular flexibility index (Phi) is 3.08.